The maximum absolute atomic E-state index is 12.8. The molecule has 2 aromatic rings. The highest BCUT2D eigenvalue weighted by atomic mass is 19.1. The van der Waals surface area contributed by atoms with Crippen LogP contribution in [-0.4, -0.2) is 23.8 Å². The van der Waals surface area contributed by atoms with Crippen LogP contribution in [0.15, 0.2) is 54.6 Å². The maximum Gasteiger partial charge on any atom is 0.331 e. The quantitative estimate of drug-likeness (QED) is 0.488. The van der Waals surface area contributed by atoms with Gasteiger partial charge in [0, 0.05) is 17.3 Å². The molecule has 0 aliphatic carbocycles. The molecule has 0 saturated heterocycles. The van der Waals surface area contributed by atoms with Crippen LogP contribution in [-0.2, 0) is 14.3 Å². The molecular weight excluding hydrogens is 337 g/mol. The van der Waals surface area contributed by atoms with Gasteiger partial charge in [0.05, 0.1) is 0 Å². The molecule has 0 bridgehead atoms. The number of amides is 1. The van der Waals surface area contributed by atoms with Crippen LogP contribution in [0.4, 0.5) is 10.1 Å². The fraction of sp³-hybridized carbons (Fsp3) is 0.150. The van der Waals surface area contributed by atoms with Gasteiger partial charge in [0.15, 0.2) is 11.9 Å². The van der Waals surface area contributed by atoms with E-state index >= 15 is 0 Å². The number of Topliss-reactive ketones (excluding diaryl/α,β-unsaturated/α-hetero) is 1. The average molecular weight is 355 g/mol. The van der Waals surface area contributed by atoms with E-state index in [0.717, 1.165) is 0 Å². The Balaban J connectivity index is 1.88. The molecule has 26 heavy (non-hydrogen) atoms. The third kappa shape index (κ3) is 5.66. The van der Waals surface area contributed by atoms with Crippen LogP contribution in [0.2, 0.25) is 0 Å². The molecule has 0 radical (unpaired) electrons. The van der Waals surface area contributed by atoms with Crippen molar-refractivity contribution in [2.24, 2.45) is 0 Å². The van der Waals surface area contributed by atoms with Gasteiger partial charge in [0.25, 0.3) is 5.91 Å². The number of hydrogen-bond donors (Lipinski definition) is 1. The minimum Gasteiger partial charge on any atom is -0.449 e. The predicted octanol–water partition coefficient (Wildman–Crippen LogP) is 3.61. The number of ketones is 1. The van der Waals surface area contributed by atoms with E-state index in [2.05, 4.69) is 5.32 Å². The highest BCUT2D eigenvalue weighted by molar-refractivity contribution is 5.98. The Morgan fingerprint density at radius 1 is 1.04 bits per heavy atom. The Morgan fingerprint density at radius 3 is 2.23 bits per heavy atom. The van der Waals surface area contributed by atoms with Crippen LogP contribution < -0.4 is 5.32 Å². The zero-order valence-corrected chi connectivity index (χ0v) is 14.4. The summed E-state index contributed by atoms with van der Waals surface area (Å²) in [7, 11) is 0. The normalized spacial score (nSPS) is 11.8. The molecule has 0 unspecified atom stereocenters. The largest absolute Gasteiger partial charge is 0.449 e. The second kappa shape index (κ2) is 8.71. The van der Waals surface area contributed by atoms with Gasteiger partial charge in [-0.25, -0.2) is 9.18 Å². The molecule has 0 heterocycles. The smallest absolute Gasteiger partial charge is 0.331 e. The summed E-state index contributed by atoms with van der Waals surface area (Å²) >= 11 is 0. The number of halogens is 1. The summed E-state index contributed by atoms with van der Waals surface area (Å²) in [6.07, 6.45) is 1.62. The van der Waals surface area contributed by atoms with Gasteiger partial charge in [0.2, 0.25) is 0 Å². The third-order valence-corrected chi connectivity index (χ3v) is 3.50. The van der Waals surface area contributed by atoms with Crippen LogP contribution in [0.25, 0.3) is 6.08 Å². The van der Waals surface area contributed by atoms with Gasteiger partial charge in [-0.3, -0.25) is 9.59 Å². The van der Waals surface area contributed by atoms with Crippen molar-refractivity contribution in [3.63, 3.8) is 0 Å². The number of benzene rings is 2. The number of ether oxygens (including phenoxy) is 1. The van der Waals surface area contributed by atoms with E-state index < -0.39 is 18.0 Å². The number of hydrogen-bond acceptors (Lipinski definition) is 4. The number of rotatable bonds is 6. The molecule has 134 valence electrons. The van der Waals surface area contributed by atoms with Crippen molar-refractivity contribution in [1.82, 2.24) is 0 Å². The summed E-state index contributed by atoms with van der Waals surface area (Å²) in [6, 6.07) is 12.0. The topological polar surface area (TPSA) is 72.5 Å². The molecule has 6 heteroatoms. The number of carbonyl (C=O) groups is 3. The Kier molecular flexibility index (Phi) is 6.38. The summed E-state index contributed by atoms with van der Waals surface area (Å²) in [5.41, 5.74) is 1.66. The lowest BCUT2D eigenvalue weighted by Crippen LogP contribution is -2.29. The van der Waals surface area contributed by atoms with Gasteiger partial charge >= 0.3 is 5.97 Å². The molecule has 2 rings (SSSR count). The second-order valence-corrected chi connectivity index (χ2v) is 5.59. The summed E-state index contributed by atoms with van der Waals surface area (Å²) in [4.78, 5) is 35.0. The molecule has 5 nitrogen and oxygen atoms in total. The highest BCUT2D eigenvalue weighted by Crippen LogP contribution is 2.11. The molecule has 0 saturated carbocycles. The fourth-order valence-electron chi connectivity index (χ4n) is 2.04. The van der Waals surface area contributed by atoms with E-state index in [1.54, 1.807) is 24.3 Å². The van der Waals surface area contributed by atoms with E-state index in [9.17, 15) is 18.8 Å². The average Bonchev–Trinajstić information content (AvgIpc) is 2.61. The first-order chi connectivity index (χ1) is 12.3. The van der Waals surface area contributed by atoms with Crippen LogP contribution >= 0.6 is 0 Å². The number of esters is 1. The fourth-order valence-corrected chi connectivity index (χ4v) is 2.04. The van der Waals surface area contributed by atoms with Gasteiger partial charge in [-0.2, -0.15) is 0 Å². The van der Waals surface area contributed by atoms with E-state index in [-0.39, 0.29) is 11.6 Å². The van der Waals surface area contributed by atoms with Crippen LogP contribution in [0.5, 0.6) is 0 Å². The van der Waals surface area contributed by atoms with Crippen molar-refractivity contribution in [2.45, 2.75) is 20.0 Å². The van der Waals surface area contributed by atoms with Gasteiger partial charge < -0.3 is 10.1 Å². The van der Waals surface area contributed by atoms with Crippen molar-refractivity contribution in [2.75, 3.05) is 5.32 Å². The molecule has 0 fully saturated rings. The minimum absolute atomic E-state index is 0.0712. The van der Waals surface area contributed by atoms with E-state index in [1.807, 2.05) is 0 Å². The first-order valence-corrected chi connectivity index (χ1v) is 7.91. The molecule has 1 amide bonds. The molecule has 2 aromatic carbocycles. The number of carbonyl (C=O) groups excluding carboxylic acids is 3. The van der Waals surface area contributed by atoms with E-state index in [4.69, 9.17) is 4.74 Å². The molecule has 1 atom stereocenters. The minimum atomic E-state index is -1.01. The van der Waals surface area contributed by atoms with Gasteiger partial charge in [0.1, 0.15) is 5.82 Å². The second-order valence-electron chi connectivity index (χ2n) is 5.59. The molecule has 0 aliphatic rings. The Hall–Kier alpha value is -3.28. The molecule has 1 N–H and O–H groups in total. The zero-order chi connectivity index (χ0) is 19.1. The van der Waals surface area contributed by atoms with Crippen molar-refractivity contribution in [1.29, 1.82) is 0 Å². The van der Waals surface area contributed by atoms with Crippen molar-refractivity contribution in [3.05, 3.63) is 71.6 Å². The zero-order valence-electron chi connectivity index (χ0n) is 14.4. The molecule has 0 aliphatic heterocycles. The van der Waals surface area contributed by atoms with Crippen LogP contribution in [0.1, 0.15) is 29.8 Å². The van der Waals surface area contributed by atoms with Crippen molar-refractivity contribution < 1.29 is 23.5 Å². The van der Waals surface area contributed by atoms with E-state index in [1.165, 1.54) is 50.3 Å². The summed E-state index contributed by atoms with van der Waals surface area (Å²) < 4.78 is 17.8. The van der Waals surface area contributed by atoms with E-state index in [0.29, 0.717) is 16.8 Å². The van der Waals surface area contributed by atoms with Gasteiger partial charge in [-0.05, 0) is 61.9 Å². The van der Waals surface area contributed by atoms with Crippen molar-refractivity contribution >= 4 is 29.4 Å². The first-order valence-electron chi connectivity index (χ1n) is 7.91. The lowest BCUT2D eigenvalue weighted by molar-refractivity contribution is -0.148. The molecular formula is C20H18FNO4. The number of nitrogens with one attached hydrogen (secondary N) is 1. The Bertz CT molecular complexity index is 826. The molecule has 0 aromatic heterocycles. The summed E-state index contributed by atoms with van der Waals surface area (Å²) in [5.74, 6) is -1.63. The third-order valence-electron chi connectivity index (χ3n) is 3.50. The maximum atomic E-state index is 12.8. The standard InChI is InChI=1S/C20H18FNO4/c1-13(23)16-6-10-18(11-7-16)22-20(25)14(2)26-19(24)12-5-15-3-8-17(21)9-4-15/h3-12,14H,1-2H3,(H,22,25)/b12-5+/t14-/m0/s1. The Labute approximate surface area is 150 Å². The van der Waals surface area contributed by atoms with Crippen molar-refractivity contribution in [3.8, 4) is 0 Å². The Morgan fingerprint density at radius 2 is 1.65 bits per heavy atom. The monoisotopic (exact) mass is 355 g/mol. The lowest BCUT2D eigenvalue weighted by Gasteiger charge is -2.12. The highest BCUT2D eigenvalue weighted by Gasteiger charge is 2.16. The summed E-state index contributed by atoms with van der Waals surface area (Å²) in [6.45, 7) is 2.90. The van der Waals surface area contributed by atoms with Gasteiger partial charge in [-0.1, -0.05) is 12.1 Å². The van der Waals surface area contributed by atoms with Crippen LogP contribution in [0.3, 0.4) is 0 Å². The first kappa shape index (κ1) is 19.1. The lowest BCUT2D eigenvalue weighted by atomic mass is 10.1. The molecule has 0 spiro atoms. The SMILES string of the molecule is CC(=O)c1ccc(NC(=O)[C@H](C)OC(=O)/C=C/c2ccc(F)cc2)cc1. The summed E-state index contributed by atoms with van der Waals surface area (Å²) in [5, 5.41) is 2.60. The van der Waals surface area contributed by atoms with Gasteiger partial charge in [-0.15, -0.1) is 0 Å². The predicted molar refractivity (Wildman–Crippen MR) is 96.1 cm³/mol. The van der Waals surface area contributed by atoms with Crippen LogP contribution in [0, 0.1) is 5.82 Å². The number of anilines is 1.